The first-order valence-corrected chi connectivity index (χ1v) is 7.91. The van der Waals surface area contributed by atoms with E-state index in [9.17, 15) is 9.59 Å². The fraction of sp³-hybridized carbons (Fsp3) is 0.263. The van der Waals surface area contributed by atoms with Crippen molar-refractivity contribution in [3.05, 3.63) is 53.6 Å². The number of rotatable bonds is 6. The van der Waals surface area contributed by atoms with Gasteiger partial charge in [0.05, 0.1) is 7.11 Å². The van der Waals surface area contributed by atoms with Crippen LogP contribution in [0.15, 0.2) is 42.5 Å². The molecular formula is C19H19NO5. The second-order valence-electron chi connectivity index (χ2n) is 6.03. The van der Waals surface area contributed by atoms with E-state index in [2.05, 4.69) is 11.5 Å². The molecule has 2 aromatic rings. The maximum atomic E-state index is 12.8. The molecule has 3 rings (SSSR count). The first kappa shape index (κ1) is 17.1. The summed E-state index contributed by atoms with van der Waals surface area (Å²) in [7, 11) is 1.55. The van der Waals surface area contributed by atoms with E-state index in [1.807, 2.05) is 6.07 Å². The minimum Gasteiger partial charge on any atom is -0.496 e. The Kier molecular flexibility index (Phi) is 4.57. The van der Waals surface area contributed by atoms with Gasteiger partial charge in [0, 0.05) is 28.4 Å². The second kappa shape index (κ2) is 6.66. The van der Waals surface area contributed by atoms with Crippen LogP contribution in [-0.2, 0) is 4.89 Å². The van der Waals surface area contributed by atoms with E-state index in [4.69, 9.17) is 9.99 Å². The second-order valence-corrected chi connectivity index (χ2v) is 6.03. The molecule has 130 valence electrons. The van der Waals surface area contributed by atoms with E-state index >= 15 is 0 Å². The number of amides is 2. The lowest BCUT2D eigenvalue weighted by Crippen LogP contribution is -2.42. The van der Waals surface area contributed by atoms with Crippen molar-refractivity contribution >= 4 is 22.6 Å². The molecule has 6 nitrogen and oxygen atoms in total. The molecule has 0 bridgehead atoms. The van der Waals surface area contributed by atoms with Crippen LogP contribution in [0.25, 0.3) is 10.8 Å². The van der Waals surface area contributed by atoms with E-state index < -0.39 is 6.10 Å². The Hall–Kier alpha value is -2.70. The van der Waals surface area contributed by atoms with Crippen LogP contribution in [0.1, 0.15) is 34.1 Å². The van der Waals surface area contributed by atoms with Crippen LogP contribution in [0.3, 0.4) is 0 Å². The molecule has 0 spiro atoms. The maximum Gasteiger partial charge on any atom is 0.261 e. The molecule has 2 amide bonds. The van der Waals surface area contributed by atoms with Crippen molar-refractivity contribution in [3.63, 3.8) is 0 Å². The van der Waals surface area contributed by atoms with Crippen molar-refractivity contribution in [1.29, 1.82) is 0 Å². The molecule has 1 atom stereocenters. The van der Waals surface area contributed by atoms with Gasteiger partial charge in [-0.3, -0.25) is 19.7 Å². The molecule has 0 fully saturated rings. The van der Waals surface area contributed by atoms with Crippen molar-refractivity contribution in [2.75, 3.05) is 13.7 Å². The smallest absolute Gasteiger partial charge is 0.261 e. The van der Waals surface area contributed by atoms with Gasteiger partial charge in [0.2, 0.25) is 0 Å². The van der Waals surface area contributed by atoms with Gasteiger partial charge >= 0.3 is 0 Å². The Labute approximate surface area is 145 Å². The summed E-state index contributed by atoms with van der Waals surface area (Å²) < 4.78 is 5.33. The third-order valence-corrected chi connectivity index (χ3v) is 4.46. The summed E-state index contributed by atoms with van der Waals surface area (Å²) in [5, 5.41) is 10.3. The average Bonchev–Trinajstić information content (AvgIpc) is 2.61. The molecule has 1 aliphatic rings. The lowest BCUT2D eigenvalue weighted by Gasteiger charge is -2.28. The number of hydrogen-bond acceptors (Lipinski definition) is 5. The number of benzene rings is 2. The van der Waals surface area contributed by atoms with Gasteiger partial charge in [-0.25, -0.2) is 4.89 Å². The molecule has 6 heteroatoms. The number of methoxy groups -OCH3 is 1. The highest BCUT2D eigenvalue weighted by Gasteiger charge is 2.33. The largest absolute Gasteiger partial charge is 0.496 e. The molecule has 0 saturated carbocycles. The number of hydrogen-bond donors (Lipinski definition) is 1. The number of carbonyl (C=O) groups excluding carboxylic acids is 2. The fourth-order valence-corrected chi connectivity index (χ4v) is 3.14. The Morgan fingerprint density at radius 2 is 1.88 bits per heavy atom. The van der Waals surface area contributed by atoms with Crippen LogP contribution >= 0.6 is 0 Å². The van der Waals surface area contributed by atoms with Crippen LogP contribution < -0.4 is 4.74 Å². The Morgan fingerprint density at radius 1 is 1.20 bits per heavy atom. The van der Waals surface area contributed by atoms with E-state index in [1.165, 1.54) is 4.90 Å². The topological polar surface area (TPSA) is 76.1 Å². The number of carbonyl (C=O) groups is 2. The van der Waals surface area contributed by atoms with Crippen LogP contribution in [0.2, 0.25) is 0 Å². The number of imide groups is 1. The molecule has 0 aliphatic carbocycles. The highest BCUT2D eigenvalue weighted by atomic mass is 17.1. The Bertz CT molecular complexity index is 851. The molecule has 0 radical (unpaired) electrons. The van der Waals surface area contributed by atoms with Gasteiger partial charge in [0.1, 0.15) is 11.9 Å². The molecule has 1 heterocycles. The summed E-state index contributed by atoms with van der Waals surface area (Å²) in [6.45, 7) is 5.56. The normalized spacial score (nSPS) is 14.8. The Morgan fingerprint density at radius 3 is 2.48 bits per heavy atom. The average molecular weight is 341 g/mol. The van der Waals surface area contributed by atoms with E-state index in [1.54, 1.807) is 38.3 Å². The highest BCUT2D eigenvalue weighted by molar-refractivity contribution is 6.26. The first-order valence-electron chi connectivity index (χ1n) is 7.91. The molecule has 0 aromatic heterocycles. The van der Waals surface area contributed by atoms with Gasteiger partial charge in [0.15, 0.2) is 0 Å². The van der Waals surface area contributed by atoms with Gasteiger partial charge in [0.25, 0.3) is 11.8 Å². The van der Waals surface area contributed by atoms with Gasteiger partial charge in [-0.1, -0.05) is 18.7 Å². The van der Waals surface area contributed by atoms with E-state index in [0.717, 1.165) is 5.39 Å². The lowest BCUT2D eigenvalue weighted by molar-refractivity contribution is -0.269. The van der Waals surface area contributed by atoms with Crippen LogP contribution in [-0.4, -0.2) is 41.7 Å². The SMILES string of the molecule is C=C(C)C(CCN1C(=O)c2cccc3c(OC)ccc(c23)C1=O)OO. The highest BCUT2D eigenvalue weighted by Crippen LogP contribution is 2.35. The fourth-order valence-electron chi connectivity index (χ4n) is 3.14. The molecular weight excluding hydrogens is 322 g/mol. The zero-order valence-electron chi connectivity index (χ0n) is 14.1. The van der Waals surface area contributed by atoms with Gasteiger partial charge in [-0.15, -0.1) is 0 Å². The minimum atomic E-state index is -0.631. The summed E-state index contributed by atoms with van der Waals surface area (Å²) in [5.74, 6) is -0.116. The monoisotopic (exact) mass is 341 g/mol. The first-order chi connectivity index (χ1) is 12.0. The summed E-state index contributed by atoms with van der Waals surface area (Å²) in [5.41, 5.74) is 1.54. The zero-order chi connectivity index (χ0) is 18.1. The minimum absolute atomic E-state index is 0.123. The van der Waals surface area contributed by atoms with Crippen LogP contribution in [0, 0.1) is 0 Å². The van der Waals surface area contributed by atoms with Crippen molar-refractivity contribution in [2.24, 2.45) is 0 Å². The van der Waals surface area contributed by atoms with Gasteiger partial charge in [-0.2, -0.15) is 0 Å². The van der Waals surface area contributed by atoms with Crippen LogP contribution in [0.5, 0.6) is 5.75 Å². The van der Waals surface area contributed by atoms with Crippen LogP contribution in [0.4, 0.5) is 0 Å². The van der Waals surface area contributed by atoms with Crippen molar-refractivity contribution in [1.82, 2.24) is 4.90 Å². The maximum absolute atomic E-state index is 12.8. The van der Waals surface area contributed by atoms with E-state index in [-0.39, 0.29) is 24.8 Å². The summed E-state index contributed by atoms with van der Waals surface area (Å²) >= 11 is 0. The van der Waals surface area contributed by atoms with Gasteiger partial charge in [-0.05, 0) is 37.1 Å². The quantitative estimate of drug-likeness (QED) is 0.378. The summed E-state index contributed by atoms with van der Waals surface area (Å²) in [4.78, 5) is 31.2. The molecule has 25 heavy (non-hydrogen) atoms. The summed E-state index contributed by atoms with van der Waals surface area (Å²) in [6.07, 6.45) is -0.362. The molecule has 1 N–H and O–H groups in total. The molecule has 1 unspecified atom stereocenters. The van der Waals surface area contributed by atoms with E-state index in [0.29, 0.717) is 27.8 Å². The third-order valence-electron chi connectivity index (χ3n) is 4.46. The molecule has 0 saturated heterocycles. The number of nitrogens with zero attached hydrogens (tertiary/aromatic N) is 1. The van der Waals surface area contributed by atoms with Crippen molar-refractivity contribution in [2.45, 2.75) is 19.4 Å². The Balaban J connectivity index is 2.01. The third kappa shape index (κ3) is 2.79. The lowest BCUT2D eigenvalue weighted by atomic mass is 9.93. The summed E-state index contributed by atoms with van der Waals surface area (Å²) in [6, 6.07) is 8.69. The predicted molar refractivity (Wildman–Crippen MR) is 92.8 cm³/mol. The molecule has 1 aliphatic heterocycles. The molecule has 2 aromatic carbocycles. The zero-order valence-corrected chi connectivity index (χ0v) is 14.1. The van der Waals surface area contributed by atoms with Crippen molar-refractivity contribution in [3.8, 4) is 5.75 Å². The predicted octanol–water partition coefficient (Wildman–Crippen LogP) is 3.27. The number of ether oxygens (including phenoxy) is 1. The standard InChI is InChI=1S/C19H19NO5/c1-11(2)15(25-23)9-10-20-18(21)13-6-4-5-12-16(24-3)8-7-14(17(12)13)19(20)22/h4-8,15,23H,1,9-10H2,2-3H3. The van der Waals surface area contributed by atoms with Gasteiger partial charge < -0.3 is 4.74 Å². The van der Waals surface area contributed by atoms with Crippen molar-refractivity contribution < 1.29 is 24.5 Å².